The second kappa shape index (κ2) is 14.1. The molecule has 10 heteroatoms. The highest BCUT2D eigenvalue weighted by Gasteiger charge is 2.28. The number of hydrogen-bond donors (Lipinski definition) is 2. The van der Waals surface area contributed by atoms with E-state index in [1.807, 2.05) is 116 Å². The van der Waals surface area contributed by atoms with Gasteiger partial charge < -0.3 is 10.1 Å². The van der Waals surface area contributed by atoms with Crippen molar-refractivity contribution in [1.29, 1.82) is 0 Å². The summed E-state index contributed by atoms with van der Waals surface area (Å²) in [5.74, 6) is 1.31. The van der Waals surface area contributed by atoms with Crippen LogP contribution in [-0.4, -0.2) is 30.6 Å². The quantitative estimate of drug-likeness (QED) is 0.151. The number of aryl methyl sites for hydroxylation is 1. The van der Waals surface area contributed by atoms with Gasteiger partial charge in [-0.3, -0.25) is 4.79 Å². The SMILES string of the molecule is Cc1ccc(S(=O)(=O)NC(Cc2ccccc2)C(=O)Nc2nnc(-c3ccc4c(c3)Sc3ccccc3O4)cc2Cc2ccccc2)cc1. The zero-order chi connectivity index (χ0) is 33.8. The number of carbonyl (C=O) groups excluding carboxylic acids is 1. The first-order valence-electron chi connectivity index (χ1n) is 15.7. The number of amides is 1. The molecule has 0 aliphatic carbocycles. The number of nitrogens with one attached hydrogen (secondary N) is 2. The van der Waals surface area contributed by atoms with Crippen molar-refractivity contribution in [3.8, 4) is 22.8 Å². The van der Waals surface area contributed by atoms with Gasteiger partial charge in [-0.2, -0.15) is 4.72 Å². The highest BCUT2D eigenvalue weighted by atomic mass is 32.2. The lowest BCUT2D eigenvalue weighted by Crippen LogP contribution is -2.45. The summed E-state index contributed by atoms with van der Waals surface area (Å²) in [6, 6.07) is 40.3. The summed E-state index contributed by atoms with van der Waals surface area (Å²) in [6.07, 6.45) is 0.600. The van der Waals surface area contributed by atoms with Gasteiger partial charge in [-0.05, 0) is 73.0 Å². The third kappa shape index (κ3) is 7.57. The molecule has 49 heavy (non-hydrogen) atoms. The molecule has 6 aromatic rings. The number of nitrogens with zero attached hydrogens (tertiary/aromatic N) is 2. The Morgan fingerprint density at radius 3 is 2.18 bits per heavy atom. The van der Waals surface area contributed by atoms with Crippen LogP contribution in [0.3, 0.4) is 0 Å². The number of ether oxygens (including phenoxy) is 1. The molecule has 5 aromatic carbocycles. The molecule has 1 aromatic heterocycles. The molecule has 8 nitrogen and oxygen atoms in total. The maximum Gasteiger partial charge on any atom is 0.244 e. The smallest absolute Gasteiger partial charge is 0.244 e. The highest BCUT2D eigenvalue weighted by molar-refractivity contribution is 7.99. The van der Waals surface area contributed by atoms with Gasteiger partial charge in [0.1, 0.15) is 17.5 Å². The second-order valence-corrected chi connectivity index (χ2v) is 14.5. The number of rotatable bonds is 10. The number of sulfonamides is 1. The van der Waals surface area contributed by atoms with Crippen molar-refractivity contribution < 1.29 is 17.9 Å². The molecular weight excluding hydrogens is 653 g/mol. The minimum absolute atomic E-state index is 0.0787. The fourth-order valence-corrected chi connectivity index (χ4v) is 7.71. The van der Waals surface area contributed by atoms with E-state index in [1.165, 1.54) is 12.1 Å². The van der Waals surface area contributed by atoms with Gasteiger partial charge in [-0.25, -0.2) is 8.42 Å². The standard InChI is InChI=1S/C39H32N4O4S2/c1-26-16-19-31(20-17-26)49(45,46)43-33(23-28-12-6-3-7-13-28)39(44)40-38-30(22-27-10-4-2-5-11-27)24-32(41-42-38)29-18-21-35-37(25-29)48-36-15-9-8-14-34(36)47-35/h2-21,24-25,33,43H,22-23H2,1H3,(H,40,42,44). The summed E-state index contributed by atoms with van der Waals surface area (Å²) in [4.78, 5) is 16.1. The van der Waals surface area contributed by atoms with Gasteiger partial charge in [-0.15, -0.1) is 10.2 Å². The van der Waals surface area contributed by atoms with Crippen molar-refractivity contribution >= 4 is 33.5 Å². The maximum atomic E-state index is 14.0. The predicted molar refractivity (Wildman–Crippen MR) is 191 cm³/mol. The van der Waals surface area contributed by atoms with E-state index < -0.39 is 22.0 Å². The molecule has 1 amide bonds. The van der Waals surface area contributed by atoms with Gasteiger partial charge in [0.2, 0.25) is 15.9 Å². The molecule has 2 N–H and O–H groups in total. The largest absolute Gasteiger partial charge is 0.455 e. The van der Waals surface area contributed by atoms with E-state index in [1.54, 1.807) is 23.9 Å². The Labute approximate surface area is 289 Å². The van der Waals surface area contributed by atoms with Gasteiger partial charge in [0.15, 0.2) is 5.82 Å². The van der Waals surface area contributed by atoms with Crippen molar-refractivity contribution in [3.63, 3.8) is 0 Å². The van der Waals surface area contributed by atoms with E-state index in [2.05, 4.69) is 20.2 Å². The van der Waals surface area contributed by atoms with Crippen molar-refractivity contribution in [2.75, 3.05) is 5.32 Å². The summed E-state index contributed by atoms with van der Waals surface area (Å²) in [7, 11) is -4.02. The van der Waals surface area contributed by atoms with Gasteiger partial charge in [0, 0.05) is 17.5 Å². The lowest BCUT2D eigenvalue weighted by Gasteiger charge is -2.20. The molecule has 0 bridgehead atoms. The summed E-state index contributed by atoms with van der Waals surface area (Å²) < 4.78 is 35.7. The normalized spacial score (nSPS) is 12.7. The average Bonchev–Trinajstić information content (AvgIpc) is 3.12. The summed E-state index contributed by atoms with van der Waals surface area (Å²) >= 11 is 1.63. The summed E-state index contributed by atoms with van der Waals surface area (Å²) in [6.45, 7) is 1.88. The monoisotopic (exact) mass is 684 g/mol. The van der Waals surface area contributed by atoms with Crippen LogP contribution in [0, 0.1) is 6.92 Å². The van der Waals surface area contributed by atoms with E-state index >= 15 is 0 Å². The first-order chi connectivity index (χ1) is 23.8. The number of anilines is 1. The number of hydrogen-bond acceptors (Lipinski definition) is 7. The van der Waals surface area contributed by atoms with Crippen molar-refractivity contribution in [3.05, 3.63) is 156 Å². The van der Waals surface area contributed by atoms with Gasteiger partial charge in [0.25, 0.3) is 0 Å². The number of carbonyl (C=O) groups is 1. The number of para-hydroxylation sites is 1. The number of aromatic nitrogens is 2. The van der Waals surface area contributed by atoms with Crippen LogP contribution in [0.15, 0.2) is 148 Å². The van der Waals surface area contributed by atoms with Crippen LogP contribution in [0.5, 0.6) is 11.5 Å². The highest BCUT2D eigenvalue weighted by Crippen LogP contribution is 2.47. The Morgan fingerprint density at radius 1 is 0.755 bits per heavy atom. The van der Waals surface area contributed by atoms with E-state index in [-0.39, 0.29) is 17.1 Å². The predicted octanol–water partition coefficient (Wildman–Crippen LogP) is 7.83. The molecule has 0 fully saturated rings. The van der Waals surface area contributed by atoms with Crippen LogP contribution >= 0.6 is 11.8 Å². The van der Waals surface area contributed by atoms with Crippen LogP contribution in [0.2, 0.25) is 0 Å². The minimum Gasteiger partial charge on any atom is -0.455 e. The average molecular weight is 685 g/mol. The van der Waals surface area contributed by atoms with Crippen LogP contribution in [-0.2, 0) is 27.7 Å². The molecule has 2 heterocycles. The lowest BCUT2D eigenvalue weighted by molar-refractivity contribution is -0.117. The second-order valence-electron chi connectivity index (χ2n) is 11.7. The van der Waals surface area contributed by atoms with Gasteiger partial charge in [0.05, 0.1) is 20.4 Å². The first kappa shape index (κ1) is 32.3. The van der Waals surface area contributed by atoms with Crippen LogP contribution in [0.25, 0.3) is 11.3 Å². The molecule has 1 unspecified atom stereocenters. The molecule has 1 aliphatic rings. The van der Waals surface area contributed by atoms with Crippen molar-refractivity contribution in [1.82, 2.24) is 14.9 Å². The van der Waals surface area contributed by atoms with Crippen molar-refractivity contribution in [2.24, 2.45) is 0 Å². The van der Waals surface area contributed by atoms with E-state index in [9.17, 15) is 13.2 Å². The molecule has 0 spiro atoms. The molecule has 0 saturated carbocycles. The Balaban J connectivity index is 1.20. The van der Waals surface area contributed by atoms with Gasteiger partial charge in [-0.1, -0.05) is 102 Å². The zero-order valence-electron chi connectivity index (χ0n) is 26.5. The van der Waals surface area contributed by atoms with Gasteiger partial charge >= 0.3 is 0 Å². The van der Waals surface area contributed by atoms with Crippen LogP contribution in [0.4, 0.5) is 5.82 Å². The molecule has 1 aliphatic heterocycles. The molecule has 7 rings (SSSR count). The lowest BCUT2D eigenvalue weighted by atomic mass is 10.0. The Bertz CT molecular complexity index is 2230. The van der Waals surface area contributed by atoms with E-state index in [4.69, 9.17) is 4.74 Å². The third-order valence-corrected chi connectivity index (χ3v) is 10.7. The third-order valence-electron chi connectivity index (χ3n) is 8.11. The number of fused-ring (bicyclic) bond motifs is 2. The van der Waals surface area contributed by atoms with Crippen molar-refractivity contribution in [2.45, 2.75) is 40.5 Å². The Hall–Kier alpha value is -5.29. The maximum absolute atomic E-state index is 14.0. The van der Waals surface area contributed by atoms with Crippen LogP contribution < -0.4 is 14.8 Å². The number of benzene rings is 5. The molecule has 1 atom stereocenters. The summed E-state index contributed by atoms with van der Waals surface area (Å²) in [5.41, 5.74) is 4.96. The molecular formula is C39H32N4O4S2. The Morgan fingerprint density at radius 2 is 1.43 bits per heavy atom. The minimum atomic E-state index is -4.02. The fourth-order valence-electron chi connectivity index (χ4n) is 5.53. The van der Waals surface area contributed by atoms with E-state index in [0.717, 1.165) is 49.1 Å². The first-order valence-corrected chi connectivity index (χ1v) is 18.0. The zero-order valence-corrected chi connectivity index (χ0v) is 28.2. The molecule has 0 radical (unpaired) electrons. The fraction of sp³-hybridized carbons (Fsp3) is 0.103. The molecule has 244 valence electrons. The van der Waals surface area contributed by atoms with E-state index in [0.29, 0.717) is 12.1 Å². The Kier molecular flexibility index (Phi) is 9.26. The summed E-state index contributed by atoms with van der Waals surface area (Å²) in [5, 5.41) is 11.9. The van der Waals surface area contributed by atoms with Crippen LogP contribution in [0.1, 0.15) is 22.3 Å². The molecule has 0 saturated heterocycles. The topological polar surface area (TPSA) is 110 Å².